The fourth-order valence-electron chi connectivity index (χ4n) is 10.1. The summed E-state index contributed by atoms with van der Waals surface area (Å²) in [5.41, 5.74) is -0.410. The second-order valence-electron chi connectivity index (χ2n) is 13.6. The fraction of sp³-hybridized carbons (Fsp3) is 0.933. The van der Waals surface area contributed by atoms with E-state index in [4.69, 9.17) is 18.9 Å². The van der Waals surface area contributed by atoms with Gasteiger partial charge in [-0.1, -0.05) is 20.8 Å². The minimum atomic E-state index is -1.57. The standard InChI is InChI=1S/C30H48O8/c1-7-35-26(33)11-8-16(2)19-9-10-20-27-21(14-25(32)29(19,20)5)28(4)15-24-22(37-30(6,34)38-24)12-18(28)13-23(27)36-17(3)31/h16,18-25,27,32,34H,7-15H2,1-6H3/t16-,18+,19?,20+,21+,22+,23-,24-,25+,27+,28+,29-,30?/m1/s1. The van der Waals surface area contributed by atoms with E-state index in [0.29, 0.717) is 25.4 Å². The molecule has 5 rings (SSSR count). The van der Waals surface area contributed by atoms with Crippen molar-refractivity contribution in [2.75, 3.05) is 6.61 Å². The maximum atomic E-state index is 12.3. The van der Waals surface area contributed by atoms with Crippen LogP contribution in [-0.4, -0.2) is 59.1 Å². The Balaban J connectivity index is 1.43. The maximum absolute atomic E-state index is 12.3. The summed E-state index contributed by atoms with van der Waals surface area (Å²) >= 11 is 0. The molecule has 8 nitrogen and oxygen atoms in total. The summed E-state index contributed by atoms with van der Waals surface area (Å²) in [6, 6.07) is 0. The number of fused-ring (bicyclic) bond motifs is 6. The molecule has 0 aromatic heterocycles. The zero-order chi connectivity index (χ0) is 27.6. The van der Waals surface area contributed by atoms with Crippen molar-refractivity contribution in [3.05, 3.63) is 0 Å². The van der Waals surface area contributed by atoms with E-state index in [9.17, 15) is 19.8 Å². The average molecular weight is 537 g/mol. The van der Waals surface area contributed by atoms with Crippen LogP contribution in [0.1, 0.15) is 92.9 Å². The zero-order valence-electron chi connectivity index (χ0n) is 24.0. The molecular weight excluding hydrogens is 488 g/mol. The summed E-state index contributed by atoms with van der Waals surface area (Å²) in [5, 5.41) is 22.4. The topological polar surface area (TPSA) is 112 Å². The lowest BCUT2D eigenvalue weighted by molar-refractivity contribution is -0.303. The van der Waals surface area contributed by atoms with Crippen LogP contribution in [0.3, 0.4) is 0 Å². The van der Waals surface area contributed by atoms with Crippen molar-refractivity contribution >= 4 is 11.9 Å². The third kappa shape index (κ3) is 4.61. The first kappa shape index (κ1) is 28.3. The molecule has 4 aliphatic carbocycles. The van der Waals surface area contributed by atoms with Gasteiger partial charge in [-0.05, 0) is 92.3 Å². The van der Waals surface area contributed by atoms with E-state index in [1.807, 2.05) is 6.92 Å². The second-order valence-corrected chi connectivity index (χ2v) is 13.6. The van der Waals surface area contributed by atoms with Crippen molar-refractivity contribution in [3.8, 4) is 0 Å². The molecule has 1 aliphatic heterocycles. The minimum absolute atomic E-state index is 0.109. The smallest absolute Gasteiger partial charge is 0.305 e. The van der Waals surface area contributed by atoms with Crippen molar-refractivity contribution in [2.24, 2.45) is 46.3 Å². The van der Waals surface area contributed by atoms with E-state index < -0.39 is 12.1 Å². The highest BCUT2D eigenvalue weighted by Gasteiger charge is 2.68. The van der Waals surface area contributed by atoms with Gasteiger partial charge in [0, 0.05) is 26.2 Å². The SMILES string of the molecule is CCOC(=O)CC[C@@H](C)C1CC[C@H]2[C@@H]3[C@H](OC(C)=O)C[C@@H]4C[C@@H]5OC(C)(O)O[C@@H]5C[C@]4(C)[C@H]3C[C@H](O)[C@]12C. The molecule has 8 heteroatoms. The minimum Gasteiger partial charge on any atom is -0.466 e. The van der Waals surface area contributed by atoms with Crippen LogP contribution >= 0.6 is 0 Å². The molecule has 0 aromatic rings. The normalized spacial score (nSPS) is 50.3. The molecule has 2 N–H and O–H groups in total. The molecule has 0 radical (unpaired) electrons. The number of aliphatic hydroxyl groups is 2. The molecule has 5 aliphatic rings. The van der Waals surface area contributed by atoms with Crippen LogP contribution in [0.15, 0.2) is 0 Å². The van der Waals surface area contributed by atoms with Gasteiger partial charge in [-0.3, -0.25) is 9.59 Å². The lowest BCUT2D eigenvalue weighted by Gasteiger charge is -2.64. The summed E-state index contributed by atoms with van der Waals surface area (Å²) < 4.78 is 23.0. The second kappa shape index (κ2) is 10.0. The predicted octanol–water partition coefficient (Wildman–Crippen LogP) is 4.20. The lowest BCUT2D eigenvalue weighted by Crippen LogP contribution is -2.64. The van der Waals surface area contributed by atoms with Crippen LogP contribution < -0.4 is 0 Å². The molecule has 216 valence electrons. The van der Waals surface area contributed by atoms with Crippen LogP contribution in [0, 0.1) is 46.3 Å². The monoisotopic (exact) mass is 536 g/mol. The Bertz CT molecular complexity index is 920. The van der Waals surface area contributed by atoms with Gasteiger partial charge in [0.05, 0.1) is 24.9 Å². The summed E-state index contributed by atoms with van der Waals surface area (Å²) in [7, 11) is 0. The molecule has 1 saturated heterocycles. The number of hydrogen-bond acceptors (Lipinski definition) is 8. The van der Waals surface area contributed by atoms with Gasteiger partial charge >= 0.3 is 11.9 Å². The van der Waals surface area contributed by atoms with E-state index in [2.05, 4.69) is 20.8 Å². The number of hydrogen-bond donors (Lipinski definition) is 2. The third-order valence-electron chi connectivity index (χ3n) is 11.7. The third-order valence-corrected chi connectivity index (χ3v) is 11.7. The van der Waals surface area contributed by atoms with Gasteiger partial charge in [-0.25, -0.2) is 0 Å². The number of ether oxygens (including phenoxy) is 4. The molecule has 1 heterocycles. The van der Waals surface area contributed by atoms with E-state index in [1.54, 1.807) is 6.92 Å². The largest absolute Gasteiger partial charge is 0.466 e. The number of rotatable bonds is 6. The van der Waals surface area contributed by atoms with Gasteiger partial charge in [-0.15, -0.1) is 0 Å². The van der Waals surface area contributed by atoms with E-state index in [1.165, 1.54) is 6.92 Å². The number of carbonyl (C=O) groups is 2. The van der Waals surface area contributed by atoms with Crippen molar-refractivity contribution in [1.82, 2.24) is 0 Å². The zero-order valence-corrected chi connectivity index (χ0v) is 24.0. The van der Waals surface area contributed by atoms with Crippen molar-refractivity contribution in [1.29, 1.82) is 0 Å². The molecule has 2 unspecified atom stereocenters. The molecule has 0 amide bonds. The summed E-state index contributed by atoms with van der Waals surface area (Å²) in [4.78, 5) is 24.4. The molecule has 13 atom stereocenters. The molecule has 0 aromatic carbocycles. The predicted molar refractivity (Wildman–Crippen MR) is 138 cm³/mol. The first-order valence-corrected chi connectivity index (χ1v) is 14.9. The number of aliphatic hydroxyl groups excluding tert-OH is 1. The average Bonchev–Trinajstić information content (AvgIpc) is 3.32. The quantitative estimate of drug-likeness (QED) is 0.486. The first-order valence-electron chi connectivity index (χ1n) is 14.9. The van der Waals surface area contributed by atoms with E-state index in [-0.39, 0.29) is 70.7 Å². The van der Waals surface area contributed by atoms with Crippen LogP contribution in [-0.2, 0) is 28.5 Å². The molecule has 38 heavy (non-hydrogen) atoms. The highest BCUT2D eigenvalue weighted by molar-refractivity contribution is 5.69. The highest BCUT2D eigenvalue weighted by atomic mass is 16.9. The van der Waals surface area contributed by atoms with Crippen LogP contribution in [0.4, 0.5) is 0 Å². The van der Waals surface area contributed by atoms with Gasteiger partial charge in [0.15, 0.2) is 0 Å². The van der Waals surface area contributed by atoms with E-state index in [0.717, 1.165) is 38.5 Å². The Hall–Kier alpha value is -1.22. The summed E-state index contributed by atoms with van der Waals surface area (Å²) in [6.45, 7) is 12.1. The number of esters is 2. The van der Waals surface area contributed by atoms with Gasteiger partial charge in [0.1, 0.15) is 6.10 Å². The Kier molecular flexibility index (Phi) is 7.45. The Morgan fingerprint density at radius 1 is 1.05 bits per heavy atom. The summed E-state index contributed by atoms with van der Waals surface area (Å²) in [6.07, 6.45) is 5.09. The first-order chi connectivity index (χ1) is 17.8. The molecule has 0 spiro atoms. The fourth-order valence-corrected chi connectivity index (χ4v) is 10.1. The van der Waals surface area contributed by atoms with Gasteiger partial charge in [0.2, 0.25) is 0 Å². The highest BCUT2D eigenvalue weighted by Crippen LogP contribution is 2.69. The van der Waals surface area contributed by atoms with E-state index >= 15 is 0 Å². The van der Waals surface area contributed by atoms with Gasteiger partial charge < -0.3 is 29.2 Å². The molecule has 5 fully saturated rings. The maximum Gasteiger partial charge on any atom is 0.305 e. The molecular formula is C30H48O8. The van der Waals surface area contributed by atoms with Crippen LogP contribution in [0.5, 0.6) is 0 Å². The van der Waals surface area contributed by atoms with Crippen LogP contribution in [0.25, 0.3) is 0 Å². The van der Waals surface area contributed by atoms with Gasteiger partial charge in [0.25, 0.3) is 5.97 Å². The van der Waals surface area contributed by atoms with Crippen LogP contribution in [0.2, 0.25) is 0 Å². The van der Waals surface area contributed by atoms with Crippen molar-refractivity contribution < 1.29 is 38.7 Å². The molecule has 4 saturated carbocycles. The summed E-state index contributed by atoms with van der Waals surface area (Å²) in [5.74, 6) is -0.578. The molecule has 0 bridgehead atoms. The Morgan fingerprint density at radius 3 is 2.45 bits per heavy atom. The number of carbonyl (C=O) groups excluding carboxylic acids is 2. The Morgan fingerprint density at radius 2 is 1.76 bits per heavy atom. The Labute approximate surface area is 227 Å². The van der Waals surface area contributed by atoms with Crippen molar-refractivity contribution in [2.45, 2.75) is 123 Å². The lowest BCUT2D eigenvalue weighted by atomic mass is 9.42. The van der Waals surface area contributed by atoms with Gasteiger partial charge in [-0.2, -0.15) is 0 Å². The van der Waals surface area contributed by atoms with Crippen molar-refractivity contribution in [3.63, 3.8) is 0 Å².